The van der Waals surface area contributed by atoms with E-state index in [9.17, 15) is 18.0 Å². The van der Waals surface area contributed by atoms with E-state index in [1.807, 2.05) is 6.92 Å². The fourth-order valence-corrected chi connectivity index (χ4v) is 1.55. The molecule has 0 fully saturated rings. The van der Waals surface area contributed by atoms with E-state index in [-0.39, 0.29) is 18.2 Å². The second-order valence-electron chi connectivity index (χ2n) is 4.21. The molecule has 0 aliphatic carbocycles. The summed E-state index contributed by atoms with van der Waals surface area (Å²) in [5, 5.41) is 0. The molecule has 0 aliphatic heterocycles. The Bertz CT molecular complexity index is 478. The number of nitrogens with zero attached hydrogens (tertiary/aromatic N) is 3. The zero-order valence-electron chi connectivity index (χ0n) is 10.9. The molecule has 1 heterocycles. The van der Waals surface area contributed by atoms with Crippen LogP contribution in [0.15, 0.2) is 6.07 Å². The topological polar surface area (TPSA) is 98.1 Å². The Morgan fingerprint density at radius 3 is 2.55 bits per heavy atom. The largest absolute Gasteiger partial charge is 0.451 e. The highest BCUT2D eigenvalue weighted by molar-refractivity contribution is 5.79. The van der Waals surface area contributed by atoms with Gasteiger partial charge in [-0.15, -0.1) is 0 Å². The molecule has 0 saturated heterocycles. The first-order chi connectivity index (χ1) is 9.24. The Hall–Kier alpha value is -2.06. The molecule has 0 aromatic carbocycles. The van der Waals surface area contributed by atoms with Crippen LogP contribution in [0.2, 0.25) is 0 Å². The Kier molecular flexibility index (Phi) is 5.12. The number of anilines is 2. The van der Waals surface area contributed by atoms with Gasteiger partial charge in [0, 0.05) is 12.6 Å². The average Bonchev–Trinajstić information content (AvgIpc) is 2.32. The van der Waals surface area contributed by atoms with Crippen LogP contribution in [0.4, 0.5) is 24.8 Å². The van der Waals surface area contributed by atoms with E-state index in [4.69, 9.17) is 11.5 Å². The van der Waals surface area contributed by atoms with Gasteiger partial charge in [-0.25, -0.2) is 9.97 Å². The predicted octanol–water partition coefficient (Wildman–Crippen LogP) is 1.17. The number of amides is 1. The Labute approximate surface area is 114 Å². The molecular formula is C11H16F3N5O. The van der Waals surface area contributed by atoms with Crippen molar-refractivity contribution in [1.29, 1.82) is 0 Å². The molecule has 0 saturated carbocycles. The smallest absolute Gasteiger partial charge is 0.384 e. The van der Waals surface area contributed by atoms with Crippen LogP contribution in [0.5, 0.6) is 0 Å². The normalized spacial score (nSPS) is 11.4. The molecule has 112 valence electrons. The van der Waals surface area contributed by atoms with Crippen LogP contribution in [0.25, 0.3) is 0 Å². The molecule has 1 rings (SSSR count). The molecule has 0 unspecified atom stereocenters. The van der Waals surface area contributed by atoms with Crippen LogP contribution in [-0.4, -0.2) is 29.0 Å². The fraction of sp³-hybridized carbons (Fsp3) is 0.545. The summed E-state index contributed by atoms with van der Waals surface area (Å²) in [5.41, 5.74) is 10.4. The highest BCUT2D eigenvalue weighted by atomic mass is 19.4. The third kappa shape index (κ3) is 4.56. The van der Waals surface area contributed by atoms with Gasteiger partial charge in [0.05, 0.1) is 6.54 Å². The maximum Gasteiger partial charge on any atom is 0.451 e. The third-order valence-electron chi connectivity index (χ3n) is 2.44. The number of hydrogen-bond acceptors (Lipinski definition) is 5. The van der Waals surface area contributed by atoms with Gasteiger partial charge in [-0.3, -0.25) is 4.79 Å². The molecule has 20 heavy (non-hydrogen) atoms. The molecule has 0 bridgehead atoms. The van der Waals surface area contributed by atoms with Crippen molar-refractivity contribution in [1.82, 2.24) is 9.97 Å². The number of carbonyl (C=O) groups is 1. The van der Waals surface area contributed by atoms with Crippen LogP contribution in [-0.2, 0) is 11.0 Å². The van der Waals surface area contributed by atoms with Crippen molar-refractivity contribution in [2.75, 3.05) is 23.7 Å². The molecule has 1 aromatic rings. The second kappa shape index (κ2) is 6.40. The van der Waals surface area contributed by atoms with E-state index in [1.54, 1.807) is 0 Å². The number of carbonyl (C=O) groups excluding carboxylic acids is 1. The quantitative estimate of drug-likeness (QED) is 0.819. The van der Waals surface area contributed by atoms with Crippen molar-refractivity contribution in [3.05, 3.63) is 11.9 Å². The minimum Gasteiger partial charge on any atom is -0.384 e. The summed E-state index contributed by atoms with van der Waals surface area (Å²) in [6.07, 6.45) is -3.21. The Balaban J connectivity index is 3.11. The summed E-state index contributed by atoms with van der Waals surface area (Å²) in [6, 6.07) is 1.19. The molecule has 6 nitrogen and oxygen atoms in total. The van der Waals surface area contributed by atoms with Crippen molar-refractivity contribution in [2.45, 2.75) is 25.9 Å². The minimum absolute atomic E-state index is 0.0583. The zero-order chi connectivity index (χ0) is 15.3. The van der Waals surface area contributed by atoms with Gasteiger partial charge >= 0.3 is 6.18 Å². The van der Waals surface area contributed by atoms with Crippen LogP contribution < -0.4 is 16.4 Å². The number of primary amides is 1. The van der Waals surface area contributed by atoms with Gasteiger partial charge in [0.1, 0.15) is 11.6 Å². The van der Waals surface area contributed by atoms with Gasteiger partial charge in [-0.05, 0) is 6.42 Å². The summed E-state index contributed by atoms with van der Waals surface area (Å²) in [4.78, 5) is 18.9. The summed E-state index contributed by atoms with van der Waals surface area (Å²) >= 11 is 0. The SMILES string of the molecule is CCCCN(CC(N)=O)c1cc(N)nc(C(F)(F)F)n1. The molecule has 1 aromatic heterocycles. The lowest BCUT2D eigenvalue weighted by Gasteiger charge is -2.22. The van der Waals surface area contributed by atoms with E-state index < -0.39 is 17.9 Å². The molecule has 0 atom stereocenters. The first-order valence-electron chi connectivity index (χ1n) is 5.99. The van der Waals surface area contributed by atoms with Crippen molar-refractivity contribution in [3.8, 4) is 0 Å². The molecule has 0 radical (unpaired) electrons. The first-order valence-corrected chi connectivity index (χ1v) is 5.99. The van der Waals surface area contributed by atoms with Gasteiger partial charge in [-0.2, -0.15) is 13.2 Å². The van der Waals surface area contributed by atoms with Gasteiger partial charge in [0.2, 0.25) is 11.7 Å². The number of halogens is 3. The highest BCUT2D eigenvalue weighted by Crippen LogP contribution is 2.28. The third-order valence-corrected chi connectivity index (χ3v) is 2.44. The monoisotopic (exact) mass is 291 g/mol. The lowest BCUT2D eigenvalue weighted by molar-refractivity contribution is -0.144. The van der Waals surface area contributed by atoms with Crippen molar-refractivity contribution in [2.24, 2.45) is 5.73 Å². The van der Waals surface area contributed by atoms with E-state index in [1.165, 1.54) is 11.0 Å². The van der Waals surface area contributed by atoms with Gasteiger partial charge in [-0.1, -0.05) is 13.3 Å². The first kappa shape index (κ1) is 16.0. The predicted molar refractivity (Wildman–Crippen MR) is 67.8 cm³/mol. The number of hydrogen-bond donors (Lipinski definition) is 2. The van der Waals surface area contributed by atoms with Crippen LogP contribution in [0.1, 0.15) is 25.6 Å². The number of alkyl halides is 3. The van der Waals surface area contributed by atoms with Crippen LogP contribution in [0.3, 0.4) is 0 Å². The summed E-state index contributed by atoms with van der Waals surface area (Å²) < 4.78 is 37.9. The van der Waals surface area contributed by atoms with Crippen molar-refractivity contribution < 1.29 is 18.0 Å². The Morgan fingerprint density at radius 2 is 2.05 bits per heavy atom. The second-order valence-corrected chi connectivity index (χ2v) is 4.21. The summed E-state index contributed by atoms with van der Waals surface area (Å²) in [5.74, 6) is -2.37. The standard InChI is InChI=1S/C11H16F3N5O/c1-2-3-4-19(6-8(16)20)9-5-7(15)17-10(18-9)11(12,13)14/h5H,2-4,6H2,1H3,(H2,16,20)(H2,15,17,18). The average molecular weight is 291 g/mol. The number of aromatic nitrogens is 2. The van der Waals surface area contributed by atoms with E-state index in [0.717, 1.165) is 6.42 Å². The van der Waals surface area contributed by atoms with E-state index in [0.29, 0.717) is 13.0 Å². The van der Waals surface area contributed by atoms with Crippen LogP contribution in [0, 0.1) is 0 Å². The lowest BCUT2D eigenvalue weighted by atomic mass is 10.3. The Morgan fingerprint density at radius 1 is 1.40 bits per heavy atom. The molecule has 0 spiro atoms. The minimum atomic E-state index is -4.70. The highest BCUT2D eigenvalue weighted by Gasteiger charge is 2.35. The molecule has 9 heteroatoms. The van der Waals surface area contributed by atoms with Gasteiger partial charge in [0.15, 0.2) is 0 Å². The number of unbranched alkanes of at least 4 members (excludes halogenated alkanes) is 1. The number of nitrogens with two attached hydrogens (primary N) is 2. The molecule has 0 aliphatic rings. The zero-order valence-corrected chi connectivity index (χ0v) is 10.9. The molecular weight excluding hydrogens is 275 g/mol. The molecule has 4 N–H and O–H groups in total. The van der Waals surface area contributed by atoms with E-state index >= 15 is 0 Å². The maximum absolute atomic E-state index is 12.6. The summed E-state index contributed by atoms with van der Waals surface area (Å²) in [7, 11) is 0. The number of nitrogen functional groups attached to an aromatic ring is 1. The lowest BCUT2D eigenvalue weighted by Crippen LogP contribution is -2.35. The van der Waals surface area contributed by atoms with E-state index in [2.05, 4.69) is 9.97 Å². The number of rotatable bonds is 6. The van der Waals surface area contributed by atoms with Gasteiger partial charge < -0.3 is 16.4 Å². The fourth-order valence-electron chi connectivity index (χ4n) is 1.55. The molecule has 1 amide bonds. The van der Waals surface area contributed by atoms with Gasteiger partial charge in [0.25, 0.3) is 0 Å². The van der Waals surface area contributed by atoms with Crippen molar-refractivity contribution in [3.63, 3.8) is 0 Å². The van der Waals surface area contributed by atoms with Crippen LogP contribution >= 0.6 is 0 Å². The summed E-state index contributed by atoms with van der Waals surface area (Å²) in [6.45, 7) is 2.04. The maximum atomic E-state index is 12.6. The van der Waals surface area contributed by atoms with Crippen molar-refractivity contribution >= 4 is 17.5 Å².